The summed E-state index contributed by atoms with van der Waals surface area (Å²) in [6.45, 7) is 0. The number of rotatable bonds is 0. The molecule has 7 rings (SSSR count). The third-order valence-electron chi connectivity index (χ3n) is 5.23. The van der Waals surface area contributed by atoms with Crippen molar-refractivity contribution >= 4 is 85.0 Å². The van der Waals surface area contributed by atoms with E-state index in [2.05, 4.69) is 60.7 Å². The van der Waals surface area contributed by atoms with Crippen molar-refractivity contribution < 1.29 is 4.42 Å². The summed E-state index contributed by atoms with van der Waals surface area (Å²) in [6.07, 6.45) is 0. The van der Waals surface area contributed by atoms with Gasteiger partial charge in [0, 0.05) is 40.3 Å². The SMILES string of the molecule is c1ccc2c(c1)cc1sc3ccc4oc5cccc6sc2c1c3c4c56. The number of hydrogen-bond acceptors (Lipinski definition) is 3. The molecule has 0 amide bonds. The van der Waals surface area contributed by atoms with Crippen molar-refractivity contribution in [2.45, 2.75) is 0 Å². The summed E-state index contributed by atoms with van der Waals surface area (Å²) >= 11 is 3.78. The zero-order chi connectivity index (χ0) is 16.1. The van der Waals surface area contributed by atoms with Crippen LogP contribution in [0.5, 0.6) is 0 Å². The highest BCUT2D eigenvalue weighted by molar-refractivity contribution is 7.29. The van der Waals surface area contributed by atoms with Crippen molar-refractivity contribution in [3.05, 3.63) is 60.7 Å². The van der Waals surface area contributed by atoms with Crippen LogP contribution in [0.2, 0.25) is 0 Å². The molecule has 0 saturated heterocycles. The molecule has 0 aliphatic rings. The largest absolute Gasteiger partial charge is 0.456 e. The van der Waals surface area contributed by atoms with E-state index in [0.717, 1.165) is 11.2 Å². The first kappa shape index (κ1) is 12.7. The van der Waals surface area contributed by atoms with Crippen LogP contribution < -0.4 is 0 Å². The molecule has 0 spiro atoms. The molecule has 3 heteroatoms. The second-order valence-corrected chi connectivity index (χ2v) is 8.68. The van der Waals surface area contributed by atoms with Gasteiger partial charge in [0.1, 0.15) is 11.2 Å². The lowest BCUT2D eigenvalue weighted by molar-refractivity contribution is 0.669. The molecule has 7 aromatic rings. The Kier molecular flexibility index (Phi) is 2.10. The Morgan fingerprint density at radius 2 is 1.48 bits per heavy atom. The van der Waals surface area contributed by atoms with Crippen molar-refractivity contribution in [3.63, 3.8) is 0 Å². The summed E-state index contributed by atoms with van der Waals surface area (Å²) < 4.78 is 11.6. The first-order valence-corrected chi connectivity index (χ1v) is 9.92. The lowest BCUT2D eigenvalue weighted by Gasteiger charge is -2.01. The van der Waals surface area contributed by atoms with Crippen LogP contribution in [0.15, 0.2) is 65.1 Å². The van der Waals surface area contributed by atoms with E-state index in [1.807, 2.05) is 22.7 Å². The molecule has 1 nitrogen and oxygen atoms in total. The van der Waals surface area contributed by atoms with E-state index in [0.29, 0.717) is 0 Å². The summed E-state index contributed by atoms with van der Waals surface area (Å²) in [4.78, 5) is 0. The molecular formula is C22H10OS2. The molecular weight excluding hydrogens is 344 g/mol. The number of thiophene rings is 1. The lowest BCUT2D eigenvalue weighted by Crippen LogP contribution is -1.74. The smallest absolute Gasteiger partial charge is 0.136 e. The number of fused-ring (bicyclic) bond motifs is 2. The van der Waals surface area contributed by atoms with E-state index in [1.165, 1.54) is 51.1 Å². The van der Waals surface area contributed by atoms with Gasteiger partial charge in [-0.2, -0.15) is 0 Å². The first-order valence-electron chi connectivity index (χ1n) is 8.28. The van der Waals surface area contributed by atoms with Gasteiger partial charge in [-0.3, -0.25) is 0 Å². The average molecular weight is 354 g/mol. The zero-order valence-corrected chi connectivity index (χ0v) is 14.6. The van der Waals surface area contributed by atoms with Crippen LogP contribution >= 0.6 is 22.7 Å². The van der Waals surface area contributed by atoms with Crippen LogP contribution in [0.1, 0.15) is 0 Å². The quantitative estimate of drug-likeness (QED) is 0.271. The Balaban J connectivity index is 2.02. The molecule has 3 aromatic heterocycles. The standard InChI is InChI=1S/C22H10OS2/c1-2-5-12-11(4-1)10-17-21-20-16(24-17)9-8-14-19(20)18-13(23-14)6-3-7-15(18)25-22(12)21/h1-10H. The minimum absolute atomic E-state index is 0.990. The van der Waals surface area contributed by atoms with Gasteiger partial charge in [-0.25, -0.2) is 0 Å². The molecule has 0 aliphatic heterocycles. The normalized spacial score (nSPS) is 12.8. The third-order valence-corrected chi connectivity index (χ3v) is 7.52. The van der Waals surface area contributed by atoms with E-state index in [9.17, 15) is 0 Å². The first-order chi connectivity index (χ1) is 12.4. The van der Waals surface area contributed by atoms with Crippen LogP contribution in [0, 0.1) is 0 Å². The second-order valence-electron chi connectivity index (χ2n) is 6.55. The van der Waals surface area contributed by atoms with Crippen LogP contribution in [0.3, 0.4) is 0 Å². The van der Waals surface area contributed by atoms with Gasteiger partial charge in [0.15, 0.2) is 0 Å². The number of hydrogen-bond donors (Lipinski definition) is 0. The summed E-state index contributed by atoms with van der Waals surface area (Å²) in [5, 5.41) is 7.99. The van der Waals surface area contributed by atoms with E-state index in [-0.39, 0.29) is 0 Å². The Morgan fingerprint density at radius 3 is 2.48 bits per heavy atom. The molecule has 0 radical (unpaired) electrons. The van der Waals surface area contributed by atoms with Crippen molar-refractivity contribution in [2.75, 3.05) is 0 Å². The fourth-order valence-corrected chi connectivity index (χ4v) is 6.74. The van der Waals surface area contributed by atoms with Crippen LogP contribution in [0.25, 0.3) is 62.3 Å². The van der Waals surface area contributed by atoms with Crippen LogP contribution in [0.4, 0.5) is 0 Å². The Morgan fingerprint density at radius 1 is 0.600 bits per heavy atom. The highest BCUT2D eigenvalue weighted by Gasteiger charge is 2.20. The van der Waals surface area contributed by atoms with Gasteiger partial charge in [0.05, 0.1) is 0 Å². The van der Waals surface area contributed by atoms with Crippen LogP contribution in [-0.4, -0.2) is 0 Å². The molecule has 116 valence electrons. The van der Waals surface area contributed by atoms with Crippen molar-refractivity contribution in [2.24, 2.45) is 0 Å². The monoisotopic (exact) mass is 354 g/mol. The summed E-state index contributed by atoms with van der Waals surface area (Å²) in [5.74, 6) is 0. The average Bonchev–Trinajstić information content (AvgIpc) is 3.13. The lowest BCUT2D eigenvalue weighted by atomic mass is 10.0. The van der Waals surface area contributed by atoms with Gasteiger partial charge in [-0.05, 0) is 41.1 Å². The van der Waals surface area contributed by atoms with Crippen LogP contribution in [-0.2, 0) is 0 Å². The second kappa shape index (κ2) is 4.13. The molecule has 0 atom stereocenters. The summed E-state index contributed by atoms with van der Waals surface area (Å²) in [7, 11) is 0. The maximum Gasteiger partial charge on any atom is 0.136 e. The highest BCUT2D eigenvalue weighted by Crippen LogP contribution is 2.49. The molecule has 3 heterocycles. The predicted octanol–water partition coefficient (Wildman–Crippen LogP) is 7.76. The van der Waals surface area contributed by atoms with Gasteiger partial charge < -0.3 is 4.42 Å². The number of furan rings is 1. The van der Waals surface area contributed by atoms with E-state index >= 15 is 0 Å². The van der Waals surface area contributed by atoms with Crippen molar-refractivity contribution in [1.82, 2.24) is 0 Å². The maximum absolute atomic E-state index is 6.17. The van der Waals surface area contributed by atoms with E-state index in [4.69, 9.17) is 4.42 Å². The molecule has 0 saturated carbocycles. The fourth-order valence-electron chi connectivity index (χ4n) is 4.22. The minimum Gasteiger partial charge on any atom is -0.456 e. The van der Waals surface area contributed by atoms with E-state index < -0.39 is 0 Å². The molecule has 25 heavy (non-hydrogen) atoms. The van der Waals surface area contributed by atoms with Gasteiger partial charge in [0.2, 0.25) is 0 Å². The summed E-state index contributed by atoms with van der Waals surface area (Å²) in [5.41, 5.74) is 1.99. The molecule has 0 fully saturated rings. The Hall–Kier alpha value is -2.62. The Labute approximate surface area is 150 Å². The third kappa shape index (κ3) is 1.41. The molecule has 0 unspecified atom stereocenters. The summed E-state index contributed by atoms with van der Waals surface area (Å²) in [6, 6.07) is 21.9. The number of benzene rings is 4. The fraction of sp³-hybridized carbons (Fsp3) is 0. The van der Waals surface area contributed by atoms with Crippen molar-refractivity contribution in [1.29, 1.82) is 0 Å². The highest BCUT2D eigenvalue weighted by atomic mass is 32.1. The Bertz CT molecular complexity index is 1590. The maximum atomic E-state index is 6.17. The molecule has 4 aromatic carbocycles. The molecule has 0 aliphatic carbocycles. The van der Waals surface area contributed by atoms with Crippen molar-refractivity contribution in [3.8, 4) is 0 Å². The predicted molar refractivity (Wildman–Crippen MR) is 111 cm³/mol. The van der Waals surface area contributed by atoms with Gasteiger partial charge in [-0.1, -0.05) is 30.3 Å². The topological polar surface area (TPSA) is 13.1 Å². The van der Waals surface area contributed by atoms with Gasteiger partial charge in [0.25, 0.3) is 0 Å². The zero-order valence-electron chi connectivity index (χ0n) is 13.0. The molecule has 0 bridgehead atoms. The molecule has 0 N–H and O–H groups in total. The van der Waals surface area contributed by atoms with Gasteiger partial charge >= 0.3 is 0 Å². The van der Waals surface area contributed by atoms with E-state index in [1.54, 1.807) is 0 Å². The minimum atomic E-state index is 0.990. The van der Waals surface area contributed by atoms with Gasteiger partial charge in [-0.15, -0.1) is 22.7 Å².